The van der Waals surface area contributed by atoms with E-state index in [1.165, 1.54) is 11.3 Å². The Labute approximate surface area is 83.9 Å². The number of hydrazine groups is 1. The van der Waals surface area contributed by atoms with Crippen molar-refractivity contribution in [1.29, 1.82) is 0 Å². The van der Waals surface area contributed by atoms with Crippen LogP contribution in [0.15, 0.2) is 12.1 Å². The second-order valence-electron chi connectivity index (χ2n) is 2.99. The quantitative estimate of drug-likeness (QED) is 0.611. The van der Waals surface area contributed by atoms with E-state index >= 15 is 0 Å². The van der Waals surface area contributed by atoms with Crippen LogP contribution in [0.5, 0.6) is 0 Å². The first-order valence-electron chi connectivity index (χ1n) is 4.01. The molecule has 6 heteroatoms. The van der Waals surface area contributed by atoms with Crippen molar-refractivity contribution in [3.05, 3.63) is 21.9 Å². The van der Waals surface area contributed by atoms with Crippen LogP contribution in [0.1, 0.15) is 22.2 Å². The SMILES string of the molecule is Cc1ccc(C(CC(F)(F)F)NN)s1. The normalized spacial score (nSPS) is 14.4. The lowest BCUT2D eigenvalue weighted by atomic mass is 10.2. The zero-order valence-electron chi connectivity index (χ0n) is 7.56. The number of alkyl halides is 3. The van der Waals surface area contributed by atoms with E-state index in [-0.39, 0.29) is 0 Å². The lowest BCUT2D eigenvalue weighted by molar-refractivity contribution is -0.140. The maximum atomic E-state index is 12.1. The molecule has 1 aromatic rings. The molecule has 0 aromatic carbocycles. The molecule has 0 aliphatic heterocycles. The van der Waals surface area contributed by atoms with Crippen molar-refractivity contribution < 1.29 is 13.2 Å². The predicted molar refractivity (Wildman–Crippen MR) is 49.8 cm³/mol. The molecule has 1 atom stereocenters. The van der Waals surface area contributed by atoms with Crippen molar-refractivity contribution in [1.82, 2.24) is 5.43 Å². The number of hydrogen-bond donors (Lipinski definition) is 2. The molecule has 0 bridgehead atoms. The second kappa shape index (κ2) is 4.29. The third kappa shape index (κ3) is 3.28. The molecule has 80 valence electrons. The first kappa shape index (κ1) is 11.5. The molecular formula is C8H11F3N2S. The van der Waals surface area contributed by atoms with Crippen LogP contribution >= 0.6 is 11.3 Å². The molecule has 0 radical (unpaired) electrons. The Morgan fingerprint density at radius 3 is 2.50 bits per heavy atom. The highest BCUT2D eigenvalue weighted by Gasteiger charge is 2.32. The van der Waals surface area contributed by atoms with E-state index in [1.54, 1.807) is 12.1 Å². The van der Waals surface area contributed by atoms with Crippen LogP contribution in [-0.4, -0.2) is 6.18 Å². The van der Waals surface area contributed by atoms with E-state index in [4.69, 9.17) is 5.84 Å². The summed E-state index contributed by atoms with van der Waals surface area (Å²) >= 11 is 1.32. The van der Waals surface area contributed by atoms with E-state index in [9.17, 15) is 13.2 Å². The van der Waals surface area contributed by atoms with Gasteiger partial charge in [-0.2, -0.15) is 13.2 Å². The van der Waals surface area contributed by atoms with Crippen molar-refractivity contribution in [2.24, 2.45) is 5.84 Å². The average Bonchev–Trinajstić information content (AvgIpc) is 2.46. The minimum atomic E-state index is -4.20. The molecule has 0 aliphatic rings. The maximum Gasteiger partial charge on any atom is 0.391 e. The summed E-state index contributed by atoms with van der Waals surface area (Å²) in [6, 6.07) is 2.60. The highest BCUT2D eigenvalue weighted by molar-refractivity contribution is 7.12. The minimum absolute atomic E-state index is 0.613. The molecule has 0 fully saturated rings. The highest BCUT2D eigenvalue weighted by Crippen LogP contribution is 2.32. The zero-order valence-corrected chi connectivity index (χ0v) is 8.38. The van der Waals surface area contributed by atoms with Gasteiger partial charge in [0.2, 0.25) is 0 Å². The van der Waals surface area contributed by atoms with Crippen LogP contribution in [0.3, 0.4) is 0 Å². The predicted octanol–water partition coefficient (Wildman–Crippen LogP) is 2.51. The molecule has 3 N–H and O–H groups in total. The molecule has 1 unspecified atom stereocenters. The number of rotatable bonds is 3. The molecule has 2 nitrogen and oxygen atoms in total. The second-order valence-corrected chi connectivity index (χ2v) is 4.31. The summed E-state index contributed by atoms with van der Waals surface area (Å²) in [6.45, 7) is 1.84. The van der Waals surface area contributed by atoms with Crippen LogP contribution in [-0.2, 0) is 0 Å². The Morgan fingerprint density at radius 1 is 1.50 bits per heavy atom. The Bertz CT molecular complexity index is 295. The van der Waals surface area contributed by atoms with Gasteiger partial charge in [-0.05, 0) is 19.1 Å². The molecule has 14 heavy (non-hydrogen) atoms. The lowest BCUT2D eigenvalue weighted by Crippen LogP contribution is -2.31. The van der Waals surface area contributed by atoms with Gasteiger partial charge in [0.05, 0.1) is 12.5 Å². The van der Waals surface area contributed by atoms with Crippen LogP contribution in [0.25, 0.3) is 0 Å². The zero-order chi connectivity index (χ0) is 10.8. The van der Waals surface area contributed by atoms with Gasteiger partial charge in [0.25, 0.3) is 0 Å². The molecule has 0 amide bonds. The van der Waals surface area contributed by atoms with Crippen LogP contribution < -0.4 is 11.3 Å². The van der Waals surface area contributed by atoms with Crippen LogP contribution in [0, 0.1) is 6.92 Å². The Kier molecular flexibility index (Phi) is 3.52. The maximum absolute atomic E-state index is 12.1. The van der Waals surface area contributed by atoms with Crippen molar-refractivity contribution in [3.63, 3.8) is 0 Å². The summed E-state index contributed by atoms with van der Waals surface area (Å²) in [5, 5.41) is 0. The molecule has 1 rings (SSSR count). The van der Waals surface area contributed by atoms with Crippen molar-refractivity contribution in [3.8, 4) is 0 Å². The van der Waals surface area contributed by atoms with Gasteiger partial charge in [0.15, 0.2) is 0 Å². The van der Waals surface area contributed by atoms with Gasteiger partial charge in [0, 0.05) is 9.75 Å². The van der Waals surface area contributed by atoms with Gasteiger partial charge in [-0.3, -0.25) is 11.3 Å². The van der Waals surface area contributed by atoms with Gasteiger partial charge >= 0.3 is 6.18 Å². The highest BCUT2D eigenvalue weighted by atomic mass is 32.1. The van der Waals surface area contributed by atoms with Crippen LogP contribution in [0.2, 0.25) is 0 Å². The Morgan fingerprint density at radius 2 is 2.14 bits per heavy atom. The fourth-order valence-electron chi connectivity index (χ4n) is 1.11. The summed E-state index contributed by atoms with van der Waals surface area (Å²) in [6.07, 6.45) is -5.14. The summed E-state index contributed by atoms with van der Waals surface area (Å²) < 4.78 is 36.3. The number of thiophene rings is 1. The summed E-state index contributed by atoms with van der Waals surface area (Å²) in [5.41, 5.74) is 2.18. The number of aryl methyl sites for hydroxylation is 1. The summed E-state index contributed by atoms with van der Waals surface area (Å²) in [5.74, 6) is 5.08. The molecule has 0 saturated carbocycles. The molecule has 0 aliphatic carbocycles. The van der Waals surface area contributed by atoms with E-state index < -0.39 is 18.6 Å². The van der Waals surface area contributed by atoms with E-state index in [0.717, 1.165) is 4.88 Å². The number of hydrogen-bond acceptors (Lipinski definition) is 3. The molecule has 0 spiro atoms. The minimum Gasteiger partial charge on any atom is -0.271 e. The first-order chi connectivity index (χ1) is 6.42. The lowest BCUT2D eigenvalue weighted by Gasteiger charge is -2.15. The van der Waals surface area contributed by atoms with Crippen molar-refractivity contribution >= 4 is 11.3 Å². The van der Waals surface area contributed by atoms with Gasteiger partial charge in [-0.1, -0.05) is 0 Å². The van der Waals surface area contributed by atoms with Gasteiger partial charge in [0.1, 0.15) is 0 Å². The van der Waals surface area contributed by atoms with E-state index in [0.29, 0.717) is 4.88 Å². The van der Waals surface area contributed by atoms with Gasteiger partial charge in [-0.25, -0.2) is 0 Å². The van der Waals surface area contributed by atoms with Gasteiger partial charge in [-0.15, -0.1) is 11.3 Å². The van der Waals surface area contributed by atoms with Crippen molar-refractivity contribution in [2.75, 3.05) is 0 Å². The molecule has 0 saturated heterocycles. The van der Waals surface area contributed by atoms with E-state index in [2.05, 4.69) is 5.43 Å². The first-order valence-corrected chi connectivity index (χ1v) is 4.83. The number of nitrogens with two attached hydrogens (primary N) is 1. The average molecular weight is 224 g/mol. The third-order valence-corrected chi connectivity index (χ3v) is 2.86. The number of halogens is 3. The summed E-state index contributed by atoms with van der Waals surface area (Å²) in [4.78, 5) is 1.59. The van der Waals surface area contributed by atoms with Crippen LogP contribution in [0.4, 0.5) is 13.2 Å². The fourth-order valence-corrected chi connectivity index (χ4v) is 2.05. The molecule has 1 aromatic heterocycles. The van der Waals surface area contributed by atoms with Crippen molar-refractivity contribution in [2.45, 2.75) is 25.6 Å². The van der Waals surface area contributed by atoms with E-state index in [1.807, 2.05) is 6.92 Å². The Balaban J connectivity index is 2.72. The standard InChI is InChI=1S/C8H11F3N2S/c1-5-2-3-7(14-5)6(13-12)4-8(9,10)11/h2-3,6,13H,4,12H2,1H3. The fraction of sp³-hybridized carbons (Fsp3) is 0.500. The van der Waals surface area contributed by atoms with Gasteiger partial charge < -0.3 is 0 Å². The number of nitrogens with one attached hydrogen (secondary N) is 1. The molecule has 1 heterocycles. The third-order valence-electron chi connectivity index (χ3n) is 1.74. The smallest absolute Gasteiger partial charge is 0.271 e. The summed E-state index contributed by atoms with van der Waals surface area (Å²) in [7, 11) is 0. The largest absolute Gasteiger partial charge is 0.391 e. The molecular weight excluding hydrogens is 213 g/mol. The monoisotopic (exact) mass is 224 g/mol. The Hall–Kier alpha value is -0.590. The topological polar surface area (TPSA) is 38.0 Å².